The molecule has 0 fully saturated rings. The molecule has 0 aliphatic carbocycles. The minimum absolute atomic E-state index is 0.0201. The van der Waals surface area contributed by atoms with Crippen molar-refractivity contribution in [2.24, 2.45) is 10.6 Å². The van der Waals surface area contributed by atoms with Gasteiger partial charge in [0.15, 0.2) is 0 Å². The number of benzene rings is 1. The number of sulfonamides is 1. The van der Waals surface area contributed by atoms with Crippen molar-refractivity contribution in [1.29, 1.82) is 0 Å². The Kier molecular flexibility index (Phi) is 4.49. The van der Waals surface area contributed by atoms with Gasteiger partial charge in [-0.1, -0.05) is 13.8 Å². The summed E-state index contributed by atoms with van der Waals surface area (Å²) in [5, 5.41) is 14.7. The van der Waals surface area contributed by atoms with Crippen LogP contribution in [0.2, 0.25) is 0 Å². The number of ether oxygens (including phenoxy) is 1. The lowest BCUT2D eigenvalue weighted by atomic mass is 9.91. The van der Waals surface area contributed by atoms with E-state index >= 15 is 0 Å². The quantitative estimate of drug-likeness (QED) is 0.836. The largest absolute Gasteiger partial charge is 0.478 e. The highest BCUT2D eigenvalue weighted by atomic mass is 32.2. The molecule has 0 saturated heterocycles. The van der Waals surface area contributed by atoms with Crippen molar-refractivity contribution in [3.8, 4) is 5.69 Å². The van der Waals surface area contributed by atoms with Crippen LogP contribution in [0.1, 0.15) is 35.6 Å². The maximum atomic E-state index is 11.6. The van der Waals surface area contributed by atoms with Crippen LogP contribution in [0.15, 0.2) is 53.6 Å². The van der Waals surface area contributed by atoms with Crippen LogP contribution < -0.4 is 5.14 Å². The van der Waals surface area contributed by atoms with E-state index in [1.165, 1.54) is 12.1 Å². The summed E-state index contributed by atoms with van der Waals surface area (Å²) < 4.78 is 30.3. The van der Waals surface area contributed by atoms with Gasteiger partial charge in [0, 0.05) is 16.8 Å². The molecule has 0 unspecified atom stereocenters. The molecule has 2 heterocycles. The molecule has 0 atom stereocenters. The van der Waals surface area contributed by atoms with Gasteiger partial charge in [-0.3, -0.25) is 0 Å². The van der Waals surface area contributed by atoms with Crippen LogP contribution in [-0.4, -0.2) is 24.1 Å². The molecule has 7 nitrogen and oxygen atoms in total. The average Bonchev–Trinajstić information content (AvgIpc) is 2.91. The Morgan fingerprint density at radius 1 is 1.22 bits per heavy atom. The Labute approximate surface area is 157 Å². The van der Waals surface area contributed by atoms with Gasteiger partial charge in [-0.15, -0.1) is 0 Å². The van der Waals surface area contributed by atoms with Gasteiger partial charge in [0.1, 0.15) is 5.76 Å². The number of carbonyl (C=O) groups is 1. The van der Waals surface area contributed by atoms with E-state index in [1.807, 2.05) is 26.0 Å². The highest BCUT2D eigenvalue weighted by Gasteiger charge is 2.25. The number of aromatic nitrogens is 1. The molecule has 1 aliphatic heterocycles. The van der Waals surface area contributed by atoms with Gasteiger partial charge in [0.05, 0.1) is 22.4 Å². The third kappa shape index (κ3) is 3.67. The van der Waals surface area contributed by atoms with E-state index in [1.54, 1.807) is 36.0 Å². The van der Waals surface area contributed by atoms with Gasteiger partial charge in [-0.05, 0) is 49.4 Å². The number of nitrogens with two attached hydrogens (primary N) is 1. The van der Waals surface area contributed by atoms with Crippen molar-refractivity contribution in [1.82, 2.24) is 4.57 Å². The molecule has 2 aromatic rings. The summed E-state index contributed by atoms with van der Waals surface area (Å²) in [6.07, 6.45) is 5.38. The smallest absolute Gasteiger partial charge is 0.337 e. The number of allylic oxidation sites excluding steroid dienone is 2. The number of aromatic carboxylic acids is 1. The van der Waals surface area contributed by atoms with Gasteiger partial charge in [0.25, 0.3) is 0 Å². The van der Waals surface area contributed by atoms with Gasteiger partial charge in [0.2, 0.25) is 10.0 Å². The van der Waals surface area contributed by atoms with Gasteiger partial charge in [-0.25, -0.2) is 18.4 Å². The molecule has 1 aliphatic rings. The molecule has 3 N–H and O–H groups in total. The monoisotopic (exact) mass is 388 g/mol. The second-order valence-electron chi connectivity index (χ2n) is 6.96. The molecule has 1 aromatic carbocycles. The Hall–Kier alpha value is -2.84. The standard InChI is InChI=1S/C19H20N2O5S/c1-12-15(18(22)23)10-16(17-11-19(2,3)8-9-26-17)21(12)13-4-6-14(7-5-13)27(20,24)25/h4-11H,1-3H3,(H,22,23)(H2,20,24,25). The predicted octanol–water partition coefficient (Wildman–Crippen LogP) is 3.04. The fraction of sp³-hybridized carbons (Fsp3) is 0.211. The van der Waals surface area contributed by atoms with E-state index in [0.29, 0.717) is 22.8 Å². The molecule has 0 spiro atoms. The number of primary sulfonamides is 1. The van der Waals surface area contributed by atoms with Gasteiger partial charge < -0.3 is 14.4 Å². The Balaban J connectivity index is 2.20. The lowest BCUT2D eigenvalue weighted by molar-refractivity contribution is 0.0696. The van der Waals surface area contributed by atoms with E-state index in [2.05, 4.69) is 0 Å². The molecule has 0 bridgehead atoms. The molecular weight excluding hydrogens is 368 g/mol. The van der Waals surface area contributed by atoms with Crippen molar-refractivity contribution in [2.75, 3.05) is 0 Å². The zero-order valence-corrected chi connectivity index (χ0v) is 15.9. The molecule has 0 saturated carbocycles. The van der Waals surface area contributed by atoms with E-state index < -0.39 is 16.0 Å². The fourth-order valence-electron chi connectivity index (χ4n) is 2.96. The van der Waals surface area contributed by atoms with Crippen LogP contribution in [0.25, 0.3) is 11.4 Å². The number of hydrogen-bond acceptors (Lipinski definition) is 4. The van der Waals surface area contributed by atoms with Crippen molar-refractivity contribution in [2.45, 2.75) is 25.7 Å². The maximum Gasteiger partial charge on any atom is 0.337 e. The topological polar surface area (TPSA) is 112 Å². The molecule has 27 heavy (non-hydrogen) atoms. The van der Waals surface area contributed by atoms with Crippen molar-refractivity contribution in [3.63, 3.8) is 0 Å². The first-order chi connectivity index (χ1) is 12.5. The lowest BCUT2D eigenvalue weighted by Crippen LogP contribution is -2.13. The van der Waals surface area contributed by atoms with Crippen molar-refractivity contribution >= 4 is 21.8 Å². The molecule has 3 rings (SSSR count). The number of carboxylic acid groups (broad SMARTS) is 1. The van der Waals surface area contributed by atoms with Crippen LogP contribution in [0, 0.1) is 12.3 Å². The summed E-state index contributed by atoms with van der Waals surface area (Å²) in [6.45, 7) is 5.70. The second-order valence-corrected chi connectivity index (χ2v) is 8.52. The Morgan fingerprint density at radius 2 is 1.85 bits per heavy atom. The highest BCUT2D eigenvalue weighted by Crippen LogP contribution is 2.34. The van der Waals surface area contributed by atoms with Crippen LogP contribution in [-0.2, 0) is 14.8 Å². The summed E-state index contributed by atoms with van der Waals surface area (Å²) >= 11 is 0. The number of hydrogen-bond donors (Lipinski definition) is 2. The summed E-state index contributed by atoms with van der Waals surface area (Å²) in [7, 11) is -3.81. The minimum atomic E-state index is -3.81. The molecule has 0 radical (unpaired) electrons. The van der Waals surface area contributed by atoms with E-state index in [9.17, 15) is 18.3 Å². The first-order valence-electron chi connectivity index (χ1n) is 8.16. The van der Waals surface area contributed by atoms with Crippen LogP contribution >= 0.6 is 0 Å². The van der Waals surface area contributed by atoms with Crippen molar-refractivity contribution in [3.05, 3.63) is 65.7 Å². The summed E-state index contributed by atoms with van der Waals surface area (Å²) in [5.74, 6) is -0.534. The zero-order chi connectivity index (χ0) is 20.0. The van der Waals surface area contributed by atoms with Gasteiger partial charge >= 0.3 is 5.97 Å². The zero-order valence-electron chi connectivity index (χ0n) is 15.1. The van der Waals surface area contributed by atoms with Crippen LogP contribution in [0.5, 0.6) is 0 Å². The normalized spacial score (nSPS) is 15.9. The van der Waals surface area contributed by atoms with Crippen molar-refractivity contribution < 1.29 is 23.1 Å². The first kappa shape index (κ1) is 18.9. The lowest BCUT2D eigenvalue weighted by Gasteiger charge is -2.23. The molecule has 0 amide bonds. The van der Waals surface area contributed by atoms with Gasteiger partial charge in [-0.2, -0.15) is 0 Å². The Morgan fingerprint density at radius 3 is 2.37 bits per heavy atom. The highest BCUT2D eigenvalue weighted by molar-refractivity contribution is 7.89. The molecule has 8 heteroatoms. The third-order valence-corrected chi connectivity index (χ3v) is 5.28. The third-order valence-electron chi connectivity index (χ3n) is 4.35. The second kappa shape index (κ2) is 6.40. The number of carboxylic acids is 1. The maximum absolute atomic E-state index is 11.6. The summed E-state index contributed by atoms with van der Waals surface area (Å²) in [6, 6.07) is 7.47. The number of nitrogens with zero attached hydrogens (tertiary/aromatic N) is 1. The number of rotatable bonds is 4. The summed E-state index contributed by atoms with van der Waals surface area (Å²) in [5.41, 5.74) is 1.54. The fourth-order valence-corrected chi connectivity index (χ4v) is 3.47. The molecular formula is C19H20N2O5S. The van der Waals surface area contributed by atoms with E-state index in [4.69, 9.17) is 9.88 Å². The predicted molar refractivity (Wildman–Crippen MR) is 101 cm³/mol. The SMILES string of the molecule is Cc1c(C(=O)O)cc(C2=CC(C)(C)C=CO2)n1-c1ccc(S(N)(=O)=O)cc1. The minimum Gasteiger partial charge on any atom is -0.478 e. The van der Waals surface area contributed by atoms with E-state index in [0.717, 1.165) is 0 Å². The molecule has 142 valence electrons. The summed E-state index contributed by atoms with van der Waals surface area (Å²) in [4.78, 5) is 11.6. The van der Waals surface area contributed by atoms with Crippen LogP contribution in [0.4, 0.5) is 0 Å². The van der Waals surface area contributed by atoms with Crippen LogP contribution in [0.3, 0.4) is 0 Å². The first-order valence-corrected chi connectivity index (χ1v) is 9.71. The van der Waals surface area contributed by atoms with E-state index in [-0.39, 0.29) is 15.9 Å². The average molecular weight is 388 g/mol. The molecule has 1 aromatic heterocycles. The Bertz CT molecular complexity index is 1070.